The third-order valence-electron chi connectivity index (χ3n) is 3.47. The van der Waals surface area contributed by atoms with Gasteiger partial charge in [-0.15, -0.1) is 12.4 Å². The first-order valence-corrected chi connectivity index (χ1v) is 7.43. The Hall–Kier alpha value is -1.30. The van der Waals surface area contributed by atoms with E-state index in [1.54, 1.807) is 0 Å². The molecule has 0 bridgehead atoms. The molecule has 0 unspecified atom stereocenters. The highest BCUT2D eigenvalue weighted by atomic mass is 35.5. The van der Waals surface area contributed by atoms with Gasteiger partial charge < -0.3 is 20.5 Å². The number of nitrogens with one attached hydrogen (secondary N) is 1. The molecule has 5 nitrogen and oxygen atoms in total. The van der Waals surface area contributed by atoms with Crippen molar-refractivity contribution < 1.29 is 14.3 Å². The molecule has 1 amide bonds. The van der Waals surface area contributed by atoms with Crippen molar-refractivity contribution in [2.45, 2.75) is 51.9 Å². The van der Waals surface area contributed by atoms with Crippen molar-refractivity contribution in [2.75, 3.05) is 11.9 Å². The molecule has 2 atom stereocenters. The zero-order chi connectivity index (χ0) is 15.4. The number of nitrogens with two attached hydrogens (primary N) is 1. The normalized spacial score (nSPS) is 20.6. The molecule has 0 aromatic heterocycles. The zero-order valence-corrected chi connectivity index (χ0v) is 14.1. The topological polar surface area (TPSA) is 73.6 Å². The summed E-state index contributed by atoms with van der Waals surface area (Å²) in [5.74, 6) is 0.728. The first-order valence-electron chi connectivity index (χ1n) is 7.43. The molecule has 0 saturated carbocycles. The number of benzene rings is 1. The monoisotopic (exact) mass is 328 g/mol. The molecule has 0 spiro atoms. The van der Waals surface area contributed by atoms with Gasteiger partial charge >= 0.3 is 0 Å². The predicted octanol–water partition coefficient (Wildman–Crippen LogP) is 2.65. The van der Waals surface area contributed by atoms with E-state index in [1.807, 2.05) is 39.0 Å². The lowest BCUT2D eigenvalue weighted by molar-refractivity contribution is -0.126. The third kappa shape index (κ3) is 4.87. The number of ether oxygens (including phenoxy) is 2. The highest BCUT2D eigenvalue weighted by molar-refractivity contribution is 5.94. The Labute approximate surface area is 138 Å². The molecule has 2 rings (SSSR count). The largest absolute Gasteiger partial charge is 0.491 e. The fourth-order valence-electron chi connectivity index (χ4n) is 2.41. The van der Waals surface area contributed by atoms with E-state index >= 15 is 0 Å². The number of hydrogen-bond donors (Lipinski definition) is 2. The molecule has 1 heterocycles. The van der Waals surface area contributed by atoms with Crippen LogP contribution in [0.15, 0.2) is 18.2 Å². The number of halogens is 1. The van der Waals surface area contributed by atoms with E-state index in [9.17, 15) is 4.79 Å². The highest BCUT2D eigenvalue weighted by Gasteiger charge is 2.29. The van der Waals surface area contributed by atoms with E-state index in [0.717, 1.165) is 29.8 Å². The molecule has 0 radical (unpaired) electrons. The molecule has 1 aromatic carbocycles. The van der Waals surface area contributed by atoms with Gasteiger partial charge in [-0.05, 0) is 57.4 Å². The van der Waals surface area contributed by atoms with Gasteiger partial charge in [-0.25, -0.2) is 0 Å². The zero-order valence-electron chi connectivity index (χ0n) is 13.3. The van der Waals surface area contributed by atoms with Crippen LogP contribution in [0.2, 0.25) is 0 Å². The summed E-state index contributed by atoms with van der Waals surface area (Å²) in [6, 6.07) is 5.63. The Kier molecular flexibility index (Phi) is 7.13. The van der Waals surface area contributed by atoms with Crippen molar-refractivity contribution in [2.24, 2.45) is 5.73 Å². The minimum Gasteiger partial charge on any atom is -0.491 e. The van der Waals surface area contributed by atoms with Gasteiger partial charge in [-0.1, -0.05) is 0 Å². The lowest BCUT2D eigenvalue weighted by atomic mass is 10.1. The number of anilines is 1. The van der Waals surface area contributed by atoms with Gasteiger partial charge in [0.1, 0.15) is 11.9 Å². The number of carbonyl (C=O) groups excluding carboxylic acids is 1. The van der Waals surface area contributed by atoms with Gasteiger partial charge in [0.15, 0.2) is 0 Å². The molecular weight excluding hydrogens is 304 g/mol. The van der Waals surface area contributed by atoms with Gasteiger partial charge in [0, 0.05) is 12.2 Å². The minimum atomic E-state index is -0.398. The standard InChI is InChI=1S/C16H24N2O3.ClH/c1-10(2)20-14-6-4-12(8-11(14)3)18-16(19)15-7-5-13(9-17)21-15;/h4,6,8,10,13,15H,5,7,9,17H2,1-3H3,(H,18,19);1H/t13-,15+;/m1./s1. The van der Waals surface area contributed by atoms with Crippen molar-refractivity contribution in [3.63, 3.8) is 0 Å². The smallest absolute Gasteiger partial charge is 0.253 e. The first-order chi connectivity index (χ1) is 9.99. The molecule has 0 aliphatic carbocycles. The van der Waals surface area contributed by atoms with E-state index in [0.29, 0.717) is 6.54 Å². The molecule has 1 saturated heterocycles. The van der Waals surface area contributed by atoms with E-state index in [2.05, 4.69) is 5.32 Å². The Morgan fingerprint density at radius 1 is 1.45 bits per heavy atom. The van der Waals surface area contributed by atoms with Crippen molar-refractivity contribution in [3.8, 4) is 5.75 Å². The Morgan fingerprint density at radius 3 is 2.73 bits per heavy atom. The number of amides is 1. The quantitative estimate of drug-likeness (QED) is 0.871. The molecule has 1 aromatic rings. The van der Waals surface area contributed by atoms with Crippen LogP contribution >= 0.6 is 12.4 Å². The SMILES string of the molecule is Cc1cc(NC(=O)[C@@H]2CC[C@H](CN)O2)ccc1OC(C)C.Cl. The van der Waals surface area contributed by atoms with Crippen LogP contribution in [0.25, 0.3) is 0 Å². The Morgan fingerprint density at radius 2 is 2.18 bits per heavy atom. The maximum absolute atomic E-state index is 12.1. The van der Waals surface area contributed by atoms with Crippen LogP contribution in [-0.2, 0) is 9.53 Å². The van der Waals surface area contributed by atoms with Crippen LogP contribution in [0.5, 0.6) is 5.75 Å². The van der Waals surface area contributed by atoms with E-state index in [1.165, 1.54) is 0 Å². The fraction of sp³-hybridized carbons (Fsp3) is 0.562. The third-order valence-corrected chi connectivity index (χ3v) is 3.47. The fourth-order valence-corrected chi connectivity index (χ4v) is 2.41. The van der Waals surface area contributed by atoms with Crippen molar-refractivity contribution in [1.82, 2.24) is 0 Å². The average Bonchev–Trinajstić information content (AvgIpc) is 2.90. The lowest BCUT2D eigenvalue weighted by Crippen LogP contribution is -2.29. The molecule has 1 fully saturated rings. The Balaban J connectivity index is 0.00000242. The number of aryl methyl sites for hydroxylation is 1. The molecule has 1 aliphatic rings. The Bertz CT molecular complexity index is 508. The highest BCUT2D eigenvalue weighted by Crippen LogP contribution is 2.24. The first kappa shape index (κ1) is 18.7. The van der Waals surface area contributed by atoms with Gasteiger partial charge in [0.25, 0.3) is 5.91 Å². The maximum atomic E-state index is 12.1. The molecule has 124 valence electrons. The second-order valence-electron chi connectivity index (χ2n) is 5.70. The van der Waals surface area contributed by atoms with Crippen molar-refractivity contribution >= 4 is 24.0 Å². The van der Waals surface area contributed by atoms with Crippen molar-refractivity contribution in [3.05, 3.63) is 23.8 Å². The minimum absolute atomic E-state index is 0. The molecule has 3 N–H and O–H groups in total. The van der Waals surface area contributed by atoms with Gasteiger partial charge in [0.05, 0.1) is 12.2 Å². The van der Waals surface area contributed by atoms with Gasteiger partial charge in [-0.2, -0.15) is 0 Å². The van der Waals surface area contributed by atoms with E-state index < -0.39 is 6.10 Å². The lowest BCUT2D eigenvalue weighted by Gasteiger charge is -2.15. The summed E-state index contributed by atoms with van der Waals surface area (Å²) in [5, 5.41) is 2.89. The molecule has 1 aliphatic heterocycles. The van der Waals surface area contributed by atoms with Crippen LogP contribution in [0.4, 0.5) is 5.69 Å². The average molecular weight is 329 g/mol. The van der Waals surface area contributed by atoms with E-state index in [-0.39, 0.29) is 30.5 Å². The van der Waals surface area contributed by atoms with Gasteiger partial charge in [0.2, 0.25) is 0 Å². The van der Waals surface area contributed by atoms with Crippen molar-refractivity contribution in [1.29, 1.82) is 0 Å². The number of carbonyl (C=O) groups is 1. The van der Waals surface area contributed by atoms with Crippen LogP contribution in [0.3, 0.4) is 0 Å². The summed E-state index contributed by atoms with van der Waals surface area (Å²) in [4.78, 5) is 12.1. The van der Waals surface area contributed by atoms with Crippen LogP contribution in [0.1, 0.15) is 32.3 Å². The summed E-state index contributed by atoms with van der Waals surface area (Å²) in [5.41, 5.74) is 7.31. The van der Waals surface area contributed by atoms with Crippen LogP contribution < -0.4 is 15.8 Å². The second-order valence-corrected chi connectivity index (χ2v) is 5.70. The summed E-state index contributed by atoms with van der Waals surface area (Å²) < 4.78 is 11.3. The number of rotatable bonds is 5. The van der Waals surface area contributed by atoms with E-state index in [4.69, 9.17) is 15.2 Å². The summed E-state index contributed by atoms with van der Waals surface area (Å²) in [6.07, 6.45) is 1.30. The predicted molar refractivity (Wildman–Crippen MR) is 89.8 cm³/mol. The van der Waals surface area contributed by atoms with Crippen LogP contribution in [-0.4, -0.2) is 30.8 Å². The number of hydrogen-bond acceptors (Lipinski definition) is 4. The summed E-state index contributed by atoms with van der Waals surface area (Å²) >= 11 is 0. The second kappa shape index (κ2) is 8.36. The van der Waals surface area contributed by atoms with Gasteiger partial charge in [-0.3, -0.25) is 4.79 Å². The van der Waals surface area contributed by atoms with Crippen LogP contribution in [0, 0.1) is 6.92 Å². The molecule has 22 heavy (non-hydrogen) atoms. The maximum Gasteiger partial charge on any atom is 0.253 e. The summed E-state index contributed by atoms with van der Waals surface area (Å²) in [6.45, 7) is 6.40. The molecule has 6 heteroatoms. The molecular formula is C16H25ClN2O3. The summed E-state index contributed by atoms with van der Waals surface area (Å²) in [7, 11) is 0.